The van der Waals surface area contributed by atoms with Crippen molar-refractivity contribution in [1.29, 1.82) is 0 Å². The Morgan fingerprint density at radius 3 is 2.83 bits per heavy atom. The lowest BCUT2D eigenvalue weighted by Gasteiger charge is -1.98. The number of halogens is 1. The number of nitrogens with zero attached hydrogens (tertiary/aromatic N) is 1. The van der Waals surface area contributed by atoms with E-state index in [9.17, 15) is 4.79 Å². The molecule has 0 aliphatic carbocycles. The zero-order valence-corrected chi connectivity index (χ0v) is 12.3. The van der Waals surface area contributed by atoms with E-state index in [1.807, 2.05) is 19.2 Å². The minimum Gasteiger partial charge on any atom is -0.465 e. The van der Waals surface area contributed by atoms with Gasteiger partial charge in [0.15, 0.2) is 0 Å². The maximum atomic E-state index is 11.6. The summed E-state index contributed by atoms with van der Waals surface area (Å²) in [5.41, 5.74) is 1.16. The van der Waals surface area contributed by atoms with E-state index in [1.165, 1.54) is 18.4 Å². The van der Waals surface area contributed by atoms with Gasteiger partial charge in [0.25, 0.3) is 0 Å². The highest BCUT2D eigenvalue weighted by molar-refractivity contribution is 9.10. The van der Waals surface area contributed by atoms with Gasteiger partial charge in [-0.15, -0.1) is 11.3 Å². The van der Waals surface area contributed by atoms with Gasteiger partial charge in [-0.1, -0.05) is 15.9 Å². The highest BCUT2D eigenvalue weighted by Gasteiger charge is 2.16. The highest BCUT2D eigenvalue weighted by atomic mass is 79.9. The molecule has 2 aromatic heterocycles. The molecule has 0 unspecified atom stereocenters. The van der Waals surface area contributed by atoms with Crippen molar-refractivity contribution < 1.29 is 9.53 Å². The van der Waals surface area contributed by atoms with Gasteiger partial charge in [0.1, 0.15) is 9.71 Å². The van der Waals surface area contributed by atoms with Gasteiger partial charge in [0, 0.05) is 27.8 Å². The lowest BCUT2D eigenvalue weighted by Crippen LogP contribution is -1.97. The number of hydrogen-bond donors (Lipinski definition) is 0. The van der Waals surface area contributed by atoms with Crippen molar-refractivity contribution in [2.45, 2.75) is 0 Å². The van der Waals surface area contributed by atoms with Crippen molar-refractivity contribution in [2.24, 2.45) is 7.05 Å². The number of esters is 1. The van der Waals surface area contributed by atoms with Gasteiger partial charge in [-0.05, 0) is 24.3 Å². The third-order valence-electron chi connectivity index (χ3n) is 3.01. The van der Waals surface area contributed by atoms with Crippen LogP contribution in [0, 0.1) is 0 Å². The van der Waals surface area contributed by atoms with Crippen LogP contribution in [0.5, 0.6) is 0 Å². The first-order valence-corrected chi connectivity index (χ1v) is 6.98. The van der Waals surface area contributed by atoms with Gasteiger partial charge in [0.05, 0.1) is 7.11 Å². The van der Waals surface area contributed by atoms with Crippen LogP contribution in [0.15, 0.2) is 28.7 Å². The molecule has 3 nitrogen and oxygen atoms in total. The van der Waals surface area contributed by atoms with E-state index in [2.05, 4.69) is 32.6 Å². The molecule has 0 aliphatic heterocycles. The number of fused-ring (bicyclic) bond motifs is 3. The van der Waals surface area contributed by atoms with Gasteiger partial charge in [-0.25, -0.2) is 4.79 Å². The topological polar surface area (TPSA) is 31.2 Å². The summed E-state index contributed by atoms with van der Waals surface area (Å²) >= 11 is 4.94. The number of rotatable bonds is 1. The van der Waals surface area contributed by atoms with Crippen molar-refractivity contribution in [3.63, 3.8) is 0 Å². The Kier molecular flexibility index (Phi) is 2.68. The fraction of sp³-hybridized carbons (Fsp3) is 0.154. The van der Waals surface area contributed by atoms with Crippen molar-refractivity contribution in [2.75, 3.05) is 7.11 Å². The molecule has 0 radical (unpaired) electrons. The molecule has 0 saturated carbocycles. The largest absolute Gasteiger partial charge is 0.465 e. The Balaban J connectivity index is 2.38. The summed E-state index contributed by atoms with van der Waals surface area (Å²) in [5, 5.41) is 2.24. The third kappa shape index (κ3) is 1.58. The predicted octanol–water partition coefficient (Wildman–Crippen LogP) is 3.94. The molecule has 0 fully saturated rings. The summed E-state index contributed by atoms with van der Waals surface area (Å²) in [6.07, 6.45) is 0. The fourth-order valence-corrected chi connectivity index (χ4v) is 3.58. The fourth-order valence-electron chi connectivity index (χ4n) is 2.15. The molecule has 2 heterocycles. The number of aryl methyl sites for hydroxylation is 1. The number of carbonyl (C=O) groups excluding carboxylic acids is 1. The van der Waals surface area contributed by atoms with Crippen LogP contribution in [-0.2, 0) is 11.8 Å². The average Bonchev–Trinajstić information content (AvgIpc) is 2.90. The number of methoxy groups -OCH3 is 1. The second kappa shape index (κ2) is 4.10. The van der Waals surface area contributed by atoms with Crippen LogP contribution >= 0.6 is 27.3 Å². The Hall–Kier alpha value is -1.33. The number of ether oxygens (including phenoxy) is 1. The van der Waals surface area contributed by atoms with E-state index in [1.54, 1.807) is 0 Å². The number of aromatic nitrogens is 1. The molecule has 0 amide bonds. The second-order valence-corrected chi connectivity index (χ2v) is 5.99. The molecule has 3 rings (SSSR count). The summed E-state index contributed by atoms with van der Waals surface area (Å²) < 4.78 is 7.90. The van der Waals surface area contributed by atoms with Gasteiger partial charge >= 0.3 is 5.97 Å². The first kappa shape index (κ1) is 11.7. The molecule has 0 atom stereocenters. The minimum atomic E-state index is -0.278. The summed E-state index contributed by atoms with van der Waals surface area (Å²) in [6.45, 7) is 0. The lowest BCUT2D eigenvalue weighted by atomic mass is 10.2. The summed E-state index contributed by atoms with van der Waals surface area (Å²) in [5.74, 6) is -0.278. The van der Waals surface area contributed by atoms with Crippen molar-refractivity contribution in [1.82, 2.24) is 4.57 Å². The standard InChI is InChI=1S/C13H10BrNO2S/c1-15-10-4-3-7(14)5-8(10)9-6-11(13(16)17-2)18-12(9)15/h3-6H,1-2H3. The van der Waals surface area contributed by atoms with Crippen LogP contribution in [-0.4, -0.2) is 17.6 Å². The molecule has 1 aromatic carbocycles. The molecule has 0 spiro atoms. The van der Waals surface area contributed by atoms with Crippen LogP contribution < -0.4 is 0 Å². The minimum absolute atomic E-state index is 0.278. The molecule has 3 aromatic rings. The normalized spacial score (nSPS) is 11.3. The third-order valence-corrected chi connectivity index (χ3v) is 4.70. The first-order chi connectivity index (χ1) is 8.61. The lowest BCUT2D eigenvalue weighted by molar-refractivity contribution is 0.0606. The summed E-state index contributed by atoms with van der Waals surface area (Å²) in [6, 6.07) is 8.07. The highest BCUT2D eigenvalue weighted by Crippen LogP contribution is 2.35. The zero-order valence-electron chi connectivity index (χ0n) is 9.86. The molecule has 18 heavy (non-hydrogen) atoms. The van der Waals surface area contributed by atoms with E-state index < -0.39 is 0 Å². The molecular weight excluding hydrogens is 314 g/mol. The zero-order chi connectivity index (χ0) is 12.9. The molecule has 0 N–H and O–H groups in total. The average molecular weight is 324 g/mol. The molecule has 0 aliphatic rings. The quantitative estimate of drug-likeness (QED) is 0.635. The van der Waals surface area contributed by atoms with E-state index in [0.717, 1.165) is 25.6 Å². The SMILES string of the molecule is COC(=O)c1cc2c3cc(Br)ccc3n(C)c2s1. The number of thiophene rings is 1. The van der Waals surface area contributed by atoms with Crippen LogP contribution in [0.1, 0.15) is 9.67 Å². The van der Waals surface area contributed by atoms with Crippen LogP contribution in [0.3, 0.4) is 0 Å². The van der Waals surface area contributed by atoms with Crippen LogP contribution in [0.25, 0.3) is 21.1 Å². The predicted molar refractivity (Wildman–Crippen MR) is 77.3 cm³/mol. The Labute approximate surface area is 116 Å². The van der Waals surface area contributed by atoms with Crippen molar-refractivity contribution >= 4 is 54.4 Å². The van der Waals surface area contributed by atoms with Crippen LogP contribution in [0.2, 0.25) is 0 Å². The molecular formula is C13H10BrNO2S. The Bertz CT molecular complexity index is 772. The van der Waals surface area contributed by atoms with E-state index >= 15 is 0 Å². The second-order valence-electron chi connectivity index (χ2n) is 4.04. The monoisotopic (exact) mass is 323 g/mol. The summed E-state index contributed by atoms with van der Waals surface area (Å²) in [7, 11) is 3.41. The smallest absolute Gasteiger partial charge is 0.348 e. The number of carbonyl (C=O) groups is 1. The van der Waals surface area contributed by atoms with Gasteiger partial charge < -0.3 is 9.30 Å². The Morgan fingerprint density at radius 2 is 2.11 bits per heavy atom. The Morgan fingerprint density at radius 1 is 1.33 bits per heavy atom. The maximum Gasteiger partial charge on any atom is 0.348 e. The molecule has 0 saturated heterocycles. The molecule has 0 bridgehead atoms. The van der Waals surface area contributed by atoms with Crippen LogP contribution in [0.4, 0.5) is 0 Å². The van der Waals surface area contributed by atoms with Gasteiger partial charge in [-0.3, -0.25) is 0 Å². The van der Waals surface area contributed by atoms with Gasteiger partial charge in [0.2, 0.25) is 0 Å². The van der Waals surface area contributed by atoms with E-state index in [0.29, 0.717) is 4.88 Å². The molecule has 92 valence electrons. The first-order valence-electron chi connectivity index (χ1n) is 5.37. The van der Waals surface area contributed by atoms with E-state index in [-0.39, 0.29) is 5.97 Å². The number of benzene rings is 1. The van der Waals surface area contributed by atoms with E-state index in [4.69, 9.17) is 4.74 Å². The summed E-state index contributed by atoms with van der Waals surface area (Å²) in [4.78, 5) is 13.3. The number of hydrogen-bond acceptors (Lipinski definition) is 3. The maximum absolute atomic E-state index is 11.6. The van der Waals surface area contributed by atoms with Crippen molar-refractivity contribution in [3.8, 4) is 0 Å². The van der Waals surface area contributed by atoms with Gasteiger partial charge in [-0.2, -0.15) is 0 Å². The molecule has 5 heteroatoms. The van der Waals surface area contributed by atoms with Crippen molar-refractivity contribution in [3.05, 3.63) is 33.6 Å².